The Morgan fingerprint density at radius 2 is 1.93 bits per heavy atom. The number of benzene rings is 1. The number of nitrogens with two attached hydrogens (primary N) is 1. The van der Waals surface area contributed by atoms with Crippen LogP contribution in [0.5, 0.6) is 0 Å². The molecule has 1 rings (SSSR count). The van der Waals surface area contributed by atoms with Gasteiger partial charge in [-0.2, -0.15) is 13.2 Å². The maximum absolute atomic E-state index is 12.5. The summed E-state index contributed by atoms with van der Waals surface area (Å²) in [6.07, 6.45) is -4.38. The number of halogens is 3. The minimum atomic E-state index is -4.38. The molecule has 4 N–H and O–H groups in total. The van der Waals surface area contributed by atoms with Crippen molar-refractivity contribution in [3.8, 4) is 0 Å². The van der Waals surface area contributed by atoms with Crippen molar-refractivity contribution >= 4 is 5.96 Å². The predicted octanol–water partition coefficient (Wildman–Crippen LogP) is 1.69. The Hall–Kier alpha value is -1.72. The summed E-state index contributed by atoms with van der Waals surface area (Å²) < 4.78 is 37.4. The van der Waals surface area contributed by atoms with Crippen LogP contribution in [0, 0.1) is 5.41 Å². The minimum absolute atomic E-state index is 0.0696. The quantitative estimate of drug-likeness (QED) is 0.521. The topological polar surface area (TPSA) is 61.9 Å². The van der Waals surface area contributed by atoms with Crippen molar-refractivity contribution in [1.82, 2.24) is 5.32 Å². The van der Waals surface area contributed by atoms with Gasteiger partial charge in [-0.15, -0.1) is 0 Å². The molecular weight excluding hydrogens is 207 g/mol. The molecule has 0 amide bonds. The molecule has 6 heteroatoms. The largest absolute Gasteiger partial charge is 0.416 e. The second-order valence-corrected chi connectivity index (χ2v) is 2.92. The van der Waals surface area contributed by atoms with Crippen LogP contribution in [0.25, 0.3) is 0 Å². The van der Waals surface area contributed by atoms with E-state index in [4.69, 9.17) is 11.1 Å². The third kappa shape index (κ3) is 3.16. The molecule has 0 fully saturated rings. The molecule has 1 aromatic carbocycles. The van der Waals surface area contributed by atoms with Crippen molar-refractivity contribution in [1.29, 1.82) is 5.41 Å². The first-order valence-corrected chi connectivity index (χ1v) is 4.14. The van der Waals surface area contributed by atoms with Gasteiger partial charge in [0, 0.05) is 6.54 Å². The molecule has 0 unspecified atom stereocenters. The highest BCUT2D eigenvalue weighted by Gasteiger charge is 2.32. The Balaban J connectivity index is 2.92. The average Bonchev–Trinajstić information content (AvgIpc) is 2.13. The van der Waals surface area contributed by atoms with E-state index in [-0.39, 0.29) is 18.1 Å². The van der Waals surface area contributed by atoms with E-state index in [1.54, 1.807) is 0 Å². The summed E-state index contributed by atoms with van der Waals surface area (Å²) in [5.41, 5.74) is 4.35. The van der Waals surface area contributed by atoms with Gasteiger partial charge in [-0.05, 0) is 11.6 Å². The monoisotopic (exact) mass is 217 g/mol. The van der Waals surface area contributed by atoms with Gasteiger partial charge >= 0.3 is 6.18 Å². The first kappa shape index (κ1) is 11.4. The number of rotatable bonds is 2. The van der Waals surface area contributed by atoms with Crippen LogP contribution in [-0.2, 0) is 12.7 Å². The van der Waals surface area contributed by atoms with Crippen LogP contribution in [0.15, 0.2) is 24.3 Å². The van der Waals surface area contributed by atoms with Gasteiger partial charge < -0.3 is 11.1 Å². The van der Waals surface area contributed by atoms with E-state index in [2.05, 4.69) is 5.32 Å². The third-order valence-electron chi connectivity index (χ3n) is 1.79. The van der Waals surface area contributed by atoms with Gasteiger partial charge in [0.1, 0.15) is 0 Å². The maximum Gasteiger partial charge on any atom is 0.416 e. The van der Waals surface area contributed by atoms with Gasteiger partial charge in [0.15, 0.2) is 5.96 Å². The Bertz CT molecular complexity index is 360. The number of nitrogens with one attached hydrogen (secondary N) is 2. The zero-order valence-corrected chi connectivity index (χ0v) is 7.73. The molecule has 0 bridgehead atoms. The molecule has 0 aliphatic carbocycles. The van der Waals surface area contributed by atoms with Crippen LogP contribution < -0.4 is 11.1 Å². The molecule has 0 aromatic heterocycles. The molecule has 0 aliphatic rings. The van der Waals surface area contributed by atoms with E-state index >= 15 is 0 Å². The van der Waals surface area contributed by atoms with Crippen LogP contribution in [0.1, 0.15) is 11.1 Å². The molecule has 15 heavy (non-hydrogen) atoms. The fraction of sp³-hybridized carbons (Fsp3) is 0.222. The summed E-state index contributed by atoms with van der Waals surface area (Å²) in [5.74, 6) is -0.355. The standard InChI is InChI=1S/C9H10F3N3/c10-9(11,12)7-4-2-1-3-6(7)5-15-8(13)14/h1-4H,5H2,(H4,13,14,15). The maximum atomic E-state index is 12.5. The van der Waals surface area contributed by atoms with Crippen molar-refractivity contribution in [2.24, 2.45) is 5.73 Å². The summed E-state index contributed by atoms with van der Waals surface area (Å²) >= 11 is 0. The summed E-state index contributed by atoms with van der Waals surface area (Å²) in [6, 6.07) is 5.17. The molecule has 0 saturated carbocycles. The SMILES string of the molecule is N=C(N)NCc1ccccc1C(F)(F)F. The van der Waals surface area contributed by atoms with Crippen LogP contribution in [-0.4, -0.2) is 5.96 Å². The predicted molar refractivity (Wildman–Crippen MR) is 50.2 cm³/mol. The van der Waals surface area contributed by atoms with E-state index in [1.165, 1.54) is 18.2 Å². The lowest BCUT2D eigenvalue weighted by atomic mass is 10.1. The van der Waals surface area contributed by atoms with Crippen LogP contribution in [0.2, 0.25) is 0 Å². The highest BCUT2D eigenvalue weighted by molar-refractivity contribution is 5.74. The Kier molecular flexibility index (Phi) is 3.18. The molecule has 0 spiro atoms. The molecule has 0 saturated heterocycles. The highest BCUT2D eigenvalue weighted by Crippen LogP contribution is 2.31. The van der Waals surface area contributed by atoms with Crippen LogP contribution in [0.3, 0.4) is 0 Å². The molecule has 0 radical (unpaired) electrons. The van der Waals surface area contributed by atoms with E-state index in [0.717, 1.165) is 6.07 Å². The van der Waals surface area contributed by atoms with Crippen molar-refractivity contribution in [2.75, 3.05) is 0 Å². The number of hydrogen-bond donors (Lipinski definition) is 3. The van der Waals surface area contributed by atoms with E-state index < -0.39 is 11.7 Å². The zero-order valence-electron chi connectivity index (χ0n) is 7.73. The van der Waals surface area contributed by atoms with Crippen LogP contribution >= 0.6 is 0 Å². The van der Waals surface area contributed by atoms with Crippen molar-refractivity contribution in [3.05, 3.63) is 35.4 Å². The number of alkyl halides is 3. The number of guanidine groups is 1. The second kappa shape index (κ2) is 4.20. The van der Waals surface area contributed by atoms with Gasteiger partial charge in [0.05, 0.1) is 5.56 Å². The van der Waals surface area contributed by atoms with Crippen molar-refractivity contribution in [2.45, 2.75) is 12.7 Å². The molecule has 0 heterocycles. The Morgan fingerprint density at radius 3 is 2.47 bits per heavy atom. The molecular formula is C9H10F3N3. The Morgan fingerprint density at radius 1 is 1.33 bits per heavy atom. The van der Waals surface area contributed by atoms with Crippen molar-refractivity contribution in [3.63, 3.8) is 0 Å². The lowest BCUT2D eigenvalue weighted by molar-refractivity contribution is -0.138. The van der Waals surface area contributed by atoms with Gasteiger partial charge in [0.2, 0.25) is 0 Å². The van der Waals surface area contributed by atoms with Crippen molar-refractivity contribution < 1.29 is 13.2 Å². The molecule has 0 atom stereocenters. The molecule has 1 aromatic rings. The van der Waals surface area contributed by atoms with Crippen LogP contribution in [0.4, 0.5) is 13.2 Å². The average molecular weight is 217 g/mol. The fourth-order valence-corrected chi connectivity index (χ4v) is 1.14. The lowest BCUT2D eigenvalue weighted by Crippen LogP contribution is -2.30. The van der Waals surface area contributed by atoms with Gasteiger partial charge in [-0.25, -0.2) is 0 Å². The van der Waals surface area contributed by atoms with E-state index in [1.807, 2.05) is 0 Å². The first-order valence-electron chi connectivity index (χ1n) is 4.14. The van der Waals surface area contributed by atoms with Gasteiger partial charge in [-0.1, -0.05) is 18.2 Å². The normalized spacial score (nSPS) is 11.1. The third-order valence-corrected chi connectivity index (χ3v) is 1.79. The first-order chi connectivity index (χ1) is 6.91. The second-order valence-electron chi connectivity index (χ2n) is 2.92. The van der Waals surface area contributed by atoms with E-state index in [0.29, 0.717) is 0 Å². The van der Waals surface area contributed by atoms with E-state index in [9.17, 15) is 13.2 Å². The zero-order chi connectivity index (χ0) is 11.5. The molecule has 3 nitrogen and oxygen atoms in total. The highest BCUT2D eigenvalue weighted by atomic mass is 19.4. The Labute approximate surface area is 84.6 Å². The lowest BCUT2D eigenvalue weighted by Gasteiger charge is -2.12. The molecule has 0 aliphatic heterocycles. The molecule has 82 valence electrons. The fourth-order valence-electron chi connectivity index (χ4n) is 1.14. The summed E-state index contributed by atoms with van der Waals surface area (Å²) in [5, 5.41) is 9.19. The van der Waals surface area contributed by atoms with Gasteiger partial charge in [-0.3, -0.25) is 5.41 Å². The summed E-state index contributed by atoms with van der Waals surface area (Å²) in [6.45, 7) is -0.106. The summed E-state index contributed by atoms with van der Waals surface area (Å²) in [7, 11) is 0. The summed E-state index contributed by atoms with van der Waals surface area (Å²) in [4.78, 5) is 0. The minimum Gasteiger partial charge on any atom is -0.370 e. The van der Waals surface area contributed by atoms with Gasteiger partial charge in [0.25, 0.3) is 0 Å². The smallest absolute Gasteiger partial charge is 0.370 e. The number of hydrogen-bond acceptors (Lipinski definition) is 1.